The van der Waals surface area contributed by atoms with Crippen molar-refractivity contribution >= 4 is 21.6 Å². The number of fused-ring (bicyclic) bond motifs is 1. The molecule has 7 heteroatoms. The van der Waals surface area contributed by atoms with E-state index in [4.69, 9.17) is 0 Å². The van der Waals surface area contributed by atoms with E-state index < -0.39 is 10.0 Å². The summed E-state index contributed by atoms with van der Waals surface area (Å²) in [4.78, 5) is 15.4. The van der Waals surface area contributed by atoms with E-state index in [-0.39, 0.29) is 16.8 Å². The molecule has 6 nitrogen and oxygen atoms in total. The Labute approximate surface area is 194 Å². The Bertz CT molecular complexity index is 1260. The maximum absolute atomic E-state index is 13.3. The van der Waals surface area contributed by atoms with E-state index in [1.54, 1.807) is 18.2 Å². The fourth-order valence-corrected chi connectivity index (χ4v) is 6.24. The molecule has 2 aliphatic heterocycles. The van der Waals surface area contributed by atoms with Crippen molar-refractivity contribution in [2.45, 2.75) is 30.3 Å². The summed E-state index contributed by atoms with van der Waals surface area (Å²) >= 11 is 0. The van der Waals surface area contributed by atoms with Gasteiger partial charge in [-0.3, -0.25) is 14.0 Å². The minimum absolute atomic E-state index is 0.0481. The van der Waals surface area contributed by atoms with Crippen LogP contribution < -0.4 is 9.62 Å². The number of sulfonamides is 1. The molecular formula is C26H27N3O3S. The summed E-state index contributed by atoms with van der Waals surface area (Å²) < 4.78 is 28.1. The molecule has 0 saturated carbocycles. The van der Waals surface area contributed by atoms with Gasteiger partial charge in [-0.2, -0.15) is 0 Å². The molecule has 0 bridgehead atoms. The van der Waals surface area contributed by atoms with Crippen LogP contribution in [-0.4, -0.2) is 44.9 Å². The number of carbonyl (C=O) groups excluding carboxylic acids is 1. The van der Waals surface area contributed by atoms with Gasteiger partial charge in [0.2, 0.25) is 0 Å². The van der Waals surface area contributed by atoms with Crippen LogP contribution in [0.2, 0.25) is 0 Å². The molecule has 1 fully saturated rings. The molecule has 2 heterocycles. The van der Waals surface area contributed by atoms with E-state index in [1.807, 2.05) is 42.5 Å². The van der Waals surface area contributed by atoms with Crippen molar-refractivity contribution in [3.05, 3.63) is 95.6 Å². The minimum Gasteiger partial charge on any atom is -0.348 e. The highest BCUT2D eigenvalue weighted by molar-refractivity contribution is 7.92. The summed E-state index contributed by atoms with van der Waals surface area (Å²) in [6.45, 7) is 2.97. The number of likely N-dealkylation sites (tertiary alicyclic amines) is 1. The molecule has 170 valence electrons. The van der Waals surface area contributed by atoms with Gasteiger partial charge in [0, 0.05) is 37.8 Å². The van der Waals surface area contributed by atoms with Gasteiger partial charge in [0.25, 0.3) is 15.9 Å². The fraction of sp³-hybridized carbons (Fsp3) is 0.269. The van der Waals surface area contributed by atoms with Gasteiger partial charge in [0.15, 0.2) is 0 Å². The van der Waals surface area contributed by atoms with Crippen LogP contribution >= 0.6 is 0 Å². The molecule has 0 unspecified atom stereocenters. The number of amides is 1. The Morgan fingerprint density at radius 2 is 1.73 bits per heavy atom. The van der Waals surface area contributed by atoms with E-state index in [9.17, 15) is 13.2 Å². The fourth-order valence-electron chi connectivity index (χ4n) is 4.69. The quantitative estimate of drug-likeness (QED) is 0.611. The Balaban J connectivity index is 1.26. The number of rotatable bonds is 6. The molecule has 1 N–H and O–H groups in total. The molecule has 1 atom stereocenters. The van der Waals surface area contributed by atoms with Gasteiger partial charge in [-0.1, -0.05) is 54.6 Å². The zero-order valence-electron chi connectivity index (χ0n) is 18.4. The molecule has 0 spiro atoms. The lowest BCUT2D eigenvalue weighted by Gasteiger charge is -2.20. The van der Waals surface area contributed by atoms with Gasteiger partial charge >= 0.3 is 0 Å². The number of carbonyl (C=O) groups is 1. The minimum atomic E-state index is -3.73. The number of nitrogens with one attached hydrogen (secondary N) is 1. The maximum Gasteiger partial charge on any atom is 0.264 e. The zero-order valence-corrected chi connectivity index (χ0v) is 19.2. The lowest BCUT2D eigenvalue weighted by molar-refractivity contribution is 0.0937. The van der Waals surface area contributed by atoms with E-state index >= 15 is 0 Å². The molecular weight excluding hydrogens is 434 g/mol. The standard InChI is InChI=1S/C26H27N3O3S/c30-26(27-23-14-15-28(19-23)18-20-7-2-1-3-8-20)22-10-6-11-24(17-22)33(31,32)29-16-13-21-9-4-5-12-25(21)29/h1-12,17,23H,13-16,18-19H2,(H,27,30)/t23-/m1/s1. The van der Waals surface area contributed by atoms with E-state index in [1.165, 1.54) is 15.9 Å². The van der Waals surface area contributed by atoms with Crippen molar-refractivity contribution in [1.82, 2.24) is 10.2 Å². The van der Waals surface area contributed by atoms with Crippen molar-refractivity contribution in [2.24, 2.45) is 0 Å². The molecule has 0 radical (unpaired) electrons. The second-order valence-electron chi connectivity index (χ2n) is 8.66. The molecule has 0 aliphatic carbocycles. The number of nitrogens with zero attached hydrogens (tertiary/aromatic N) is 2. The van der Waals surface area contributed by atoms with Crippen LogP contribution in [-0.2, 0) is 23.0 Å². The summed E-state index contributed by atoms with van der Waals surface area (Å²) in [5.74, 6) is -0.236. The third kappa shape index (κ3) is 4.51. The summed E-state index contributed by atoms with van der Waals surface area (Å²) in [5.41, 5.74) is 3.36. The molecule has 5 rings (SSSR count). The van der Waals surface area contributed by atoms with Crippen LogP contribution in [0.3, 0.4) is 0 Å². The van der Waals surface area contributed by atoms with Gasteiger partial charge in [-0.05, 0) is 48.2 Å². The number of para-hydroxylation sites is 1. The van der Waals surface area contributed by atoms with E-state index in [0.717, 1.165) is 37.3 Å². The third-order valence-corrected chi connectivity index (χ3v) is 8.19. The molecule has 33 heavy (non-hydrogen) atoms. The van der Waals surface area contributed by atoms with Crippen molar-refractivity contribution in [1.29, 1.82) is 0 Å². The molecule has 3 aromatic rings. The summed E-state index contributed by atoms with van der Waals surface area (Å²) in [7, 11) is -3.73. The molecule has 0 aromatic heterocycles. The molecule has 1 amide bonds. The van der Waals surface area contributed by atoms with Crippen LogP contribution in [0.4, 0.5) is 5.69 Å². The average molecular weight is 462 g/mol. The van der Waals surface area contributed by atoms with Gasteiger partial charge in [-0.15, -0.1) is 0 Å². The summed E-state index contributed by atoms with van der Waals surface area (Å²) in [5, 5.41) is 3.09. The smallest absolute Gasteiger partial charge is 0.264 e. The number of hydrogen-bond donors (Lipinski definition) is 1. The predicted octanol–water partition coefficient (Wildman–Crippen LogP) is 3.44. The first-order chi connectivity index (χ1) is 16.0. The molecule has 3 aromatic carbocycles. The van der Waals surface area contributed by atoms with Crippen molar-refractivity contribution < 1.29 is 13.2 Å². The van der Waals surface area contributed by atoms with Crippen LogP contribution in [0, 0.1) is 0 Å². The molecule has 2 aliphatic rings. The Morgan fingerprint density at radius 1 is 0.939 bits per heavy atom. The van der Waals surface area contributed by atoms with Crippen LogP contribution in [0.15, 0.2) is 83.8 Å². The zero-order chi connectivity index (χ0) is 22.8. The number of anilines is 1. The van der Waals surface area contributed by atoms with Crippen molar-refractivity contribution in [3.63, 3.8) is 0 Å². The van der Waals surface area contributed by atoms with Crippen molar-refractivity contribution in [3.8, 4) is 0 Å². The highest BCUT2D eigenvalue weighted by Gasteiger charge is 2.31. The summed E-state index contributed by atoms with van der Waals surface area (Å²) in [6, 6.07) is 24.2. The SMILES string of the molecule is O=C(N[C@@H]1CCN(Cc2ccccc2)C1)c1cccc(S(=O)(=O)N2CCc3ccccc32)c1. The lowest BCUT2D eigenvalue weighted by Crippen LogP contribution is -2.37. The number of benzene rings is 3. The largest absolute Gasteiger partial charge is 0.348 e. The highest BCUT2D eigenvalue weighted by atomic mass is 32.2. The van der Waals surface area contributed by atoms with Crippen molar-refractivity contribution in [2.75, 3.05) is 23.9 Å². The van der Waals surface area contributed by atoms with E-state index in [0.29, 0.717) is 18.5 Å². The maximum atomic E-state index is 13.3. The van der Waals surface area contributed by atoms with Crippen LogP contribution in [0.1, 0.15) is 27.9 Å². The lowest BCUT2D eigenvalue weighted by atomic mass is 10.2. The topological polar surface area (TPSA) is 69.7 Å². The Hall–Kier alpha value is -3.16. The first kappa shape index (κ1) is 21.7. The highest BCUT2D eigenvalue weighted by Crippen LogP contribution is 2.32. The van der Waals surface area contributed by atoms with Crippen LogP contribution in [0.5, 0.6) is 0 Å². The Kier molecular flexibility index (Phi) is 5.91. The van der Waals surface area contributed by atoms with Gasteiger partial charge in [0.1, 0.15) is 0 Å². The third-order valence-electron chi connectivity index (χ3n) is 6.39. The van der Waals surface area contributed by atoms with Gasteiger partial charge in [-0.25, -0.2) is 8.42 Å². The second kappa shape index (κ2) is 9.00. The predicted molar refractivity (Wildman–Crippen MR) is 129 cm³/mol. The van der Waals surface area contributed by atoms with Gasteiger partial charge in [0.05, 0.1) is 10.6 Å². The monoisotopic (exact) mass is 461 g/mol. The second-order valence-corrected chi connectivity index (χ2v) is 10.5. The normalized spacial score (nSPS) is 18.3. The summed E-state index contributed by atoms with van der Waals surface area (Å²) in [6.07, 6.45) is 1.57. The van der Waals surface area contributed by atoms with Crippen LogP contribution in [0.25, 0.3) is 0 Å². The van der Waals surface area contributed by atoms with Gasteiger partial charge < -0.3 is 5.32 Å². The average Bonchev–Trinajstić information content (AvgIpc) is 3.47. The number of hydrogen-bond acceptors (Lipinski definition) is 4. The molecule has 1 saturated heterocycles. The first-order valence-electron chi connectivity index (χ1n) is 11.3. The Morgan fingerprint density at radius 3 is 2.58 bits per heavy atom. The van der Waals surface area contributed by atoms with E-state index in [2.05, 4.69) is 22.3 Å². The first-order valence-corrected chi connectivity index (χ1v) is 12.7.